The number of likely N-dealkylation sites (tertiary alicyclic amines) is 1. The lowest BCUT2D eigenvalue weighted by Crippen LogP contribution is -2.32. The summed E-state index contributed by atoms with van der Waals surface area (Å²) in [7, 11) is -3.64. The highest BCUT2D eigenvalue weighted by molar-refractivity contribution is 7.92. The summed E-state index contributed by atoms with van der Waals surface area (Å²) in [4.78, 5) is 13.0. The van der Waals surface area contributed by atoms with Crippen molar-refractivity contribution in [1.82, 2.24) is 4.90 Å². The van der Waals surface area contributed by atoms with Gasteiger partial charge in [0.1, 0.15) is 0 Å². The van der Waals surface area contributed by atoms with Gasteiger partial charge in [-0.25, -0.2) is 8.42 Å². The van der Waals surface area contributed by atoms with Gasteiger partial charge in [-0.2, -0.15) is 13.2 Å². The molecule has 1 fully saturated rings. The fourth-order valence-electron chi connectivity index (χ4n) is 2.43. The van der Waals surface area contributed by atoms with Crippen LogP contribution in [0.25, 0.3) is 0 Å². The maximum absolute atomic E-state index is 12.5. The highest BCUT2D eigenvalue weighted by Gasteiger charge is 2.37. The molecule has 9 heteroatoms. The van der Waals surface area contributed by atoms with Gasteiger partial charge in [0.15, 0.2) is 9.84 Å². The van der Waals surface area contributed by atoms with Gasteiger partial charge in [0, 0.05) is 24.5 Å². The third-order valence-electron chi connectivity index (χ3n) is 3.70. The average molecular weight is 370 g/mol. The van der Waals surface area contributed by atoms with E-state index in [4.69, 9.17) is 11.6 Å². The monoisotopic (exact) mass is 369 g/mol. The zero-order valence-electron chi connectivity index (χ0n) is 12.0. The molecule has 23 heavy (non-hydrogen) atoms. The maximum Gasteiger partial charge on any atom is 0.389 e. The smallest absolute Gasteiger partial charge is 0.341 e. The Bertz CT molecular complexity index is 674. The molecule has 0 aromatic heterocycles. The SMILES string of the molecule is O=C(CCC(F)(F)F)N1CCC(S(=O)(=O)c2ccc(Cl)cc2)C1. The first-order chi connectivity index (χ1) is 10.6. The Kier molecular flexibility index (Phi) is 5.25. The average Bonchev–Trinajstić information content (AvgIpc) is 2.95. The second kappa shape index (κ2) is 6.68. The van der Waals surface area contributed by atoms with E-state index < -0.39 is 40.0 Å². The minimum absolute atomic E-state index is 0.0817. The fourth-order valence-corrected chi connectivity index (χ4v) is 4.25. The van der Waals surface area contributed by atoms with Crippen molar-refractivity contribution in [2.45, 2.75) is 35.6 Å². The number of hydrogen-bond acceptors (Lipinski definition) is 3. The predicted octanol–water partition coefficient (Wildman–Crippen LogP) is 3.06. The minimum Gasteiger partial charge on any atom is -0.341 e. The maximum atomic E-state index is 12.5. The van der Waals surface area contributed by atoms with Crippen LogP contribution >= 0.6 is 11.6 Å². The van der Waals surface area contributed by atoms with Gasteiger partial charge >= 0.3 is 6.18 Å². The molecule has 1 unspecified atom stereocenters. The first-order valence-electron chi connectivity index (χ1n) is 6.93. The molecule has 1 amide bonds. The number of alkyl halides is 3. The van der Waals surface area contributed by atoms with Crippen LogP contribution in [0.5, 0.6) is 0 Å². The molecule has 1 saturated heterocycles. The van der Waals surface area contributed by atoms with E-state index in [9.17, 15) is 26.4 Å². The summed E-state index contributed by atoms with van der Waals surface area (Å²) in [5.41, 5.74) is 0. The summed E-state index contributed by atoms with van der Waals surface area (Å²) in [5, 5.41) is -0.405. The van der Waals surface area contributed by atoms with Crippen molar-refractivity contribution < 1.29 is 26.4 Å². The van der Waals surface area contributed by atoms with Crippen molar-refractivity contribution in [3.63, 3.8) is 0 Å². The van der Waals surface area contributed by atoms with Crippen molar-refractivity contribution in [1.29, 1.82) is 0 Å². The number of sulfone groups is 1. The summed E-state index contributed by atoms with van der Waals surface area (Å²) in [6, 6.07) is 5.67. The van der Waals surface area contributed by atoms with Crippen LogP contribution in [0.1, 0.15) is 19.3 Å². The number of amides is 1. The molecular formula is C14H15ClF3NO3S. The molecule has 1 heterocycles. The van der Waals surface area contributed by atoms with Crippen LogP contribution in [0.2, 0.25) is 5.02 Å². The summed E-state index contributed by atoms with van der Waals surface area (Å²) in [6.07, 6.45) is -6.04. The Morgan fingerprint density at radius 1 is 1.26 bits per heavy atom. The van der Waals surface area contributed by atoms with Crippen molar-refractivity contribution >= 4 is 27.3 Å². The molecule has 0 N–H and O–H groups in total. The quantitative estimate of drug-likeness (QED) is 0.819. The van der Waals surface area contributed by atoms with E-state index in [-0.39, 0.29) is 24.4 Å². The van der Waals surface area contributed by atoms with E-state index in [1.54, 1.807) is 0 Å². The molecule has 1 atom stereocenters. The van der Waals surface area contributed by atoms with Gasteiger partial charge in [0.05, 0.1) is 16.6 Å². The third kappa shape index (κ3) is 4.60. The van der Waals surface area contributed by atoms with Crippen LogP contribution < -0.4 is 0 Å². The van der Waals surface area contributed by atoms with Gasteiger partial charge in [-0.15, -0.1) is 0 Å². The Morgan fingerprint density at radius 2 is 1.87 bits per heavy atom. The van der Waals surface area contributed by atoms with Gasteiger partial charge < -0.3 is 4.90 Å². The van der Waals surface area contributed by atoms with E-state index in [2.05, 4.69) is 0 Å². The number of nitrogens with zero attached hydrogens (tertiary/aromatic N) is 1. The molecule has 4 nitrogen and oxygen atoms in total. The van der Waals surface area contributed by atoms with Crippen molar-refractivity contribution in [3.8, 4) is 0 Å². The molecule has 1 aromatic rings. The molecule has 2 rings (SSSR count). The van der Waals surface area contributed by atoms with Gasteiger partial charge in [-0.3, -0.25) is 4.79 Å². The summed E-state index contributed by atoms with van der Waals surface area (Å²) >= 11 is 5.72. The topological polar surface area (TPSA) is 54.5 Å². The van der Waals surface area contributed by atoms with Crippen LogP contribution in [0.4, 0.5) is 13.2 Å². The normalized spacial score (nSPS) is 19.1. The lowest BCUT2D eigenvalue weighted by molar-refractivity contribution is -0.148. The standard InChI is InChI=1S/C14H15ClF3NO3S/c15-10-1-3-11(4-2-10)23(21,22)12-6-8-19(9-12)13(20)5-7-14(16,17)18/h1-4,12H,5-9H2. The van der Waals surface area contributed by atoms with E-state index >= 15 is 0 Å². The van der Waals surface area contributed by atoms with Crippen LogP contribution in [0.15, 0.2) is 29.2 Å². The Balaban J connectivity index is 2.01. The van der Waals surface area contributed by atoms with Crippen molar-refractivity contribution in [2.24, 2.45) is 0 Å². The summed E-state index contributed by atoms with van der Waals surface area (Å²) in [5.74, 6) is -0.670. The van der Waals surface area contributed by atoms with E-state index in [0.717, 1.165) is 0 Å². The molecule has 0 saturated carbocycles. The molecule has 1 aliphatic rings. The van der Waals surface area contributed by atoms with E-state index in [0.29, 0.717) is 5.02 Å². The highest BCUT2D eigenvalue weighted by Crippen LogP contribution is 2.27. The lowest BCUT2D eigenvalue weighted by Gasteiger charge is -2.17. The van der Waals surface area contributed by atoms with E-state index in [1.807, 2.05) is 0 Å². The molecule has 128 valence electrons. The van der Waals surface area contributed by atoms with Crippen LogP contribution in [0.3, 0.4) is 0 Å². The Labute approximate surface area is 137 Å². The Hall–Kier alpha value is -1.28. The largest absolute Gasteiger partial charge is 0.389 e. The summed E-state index contributed by atoms with van der Waals surface area (Å²) < 4.78 is 61.4. The lowest BCUT2D eigenvalue weighted by atomic mass is 10.3. The van der Waals surface area contributed by atoms with Crippen molar-refractivity contribution in [3.05, 3.63) is 29.3 Å². The molecule has 1 aromatic carbocycles. The molecular weight excluding hydrogens is 355 g/mol. The fraction of sp³-hybridized carbons (Fsp3) is 0.500. The number of rotatable bonds is 4. The first kappa shape index (κ1) is 18.1. The van der Waals surface area contributed by atoms with E-state index in [1.165, 1.54) is 29.2 Å². The number of carbonyl (C=O) groups excluding carboxylic acids is 1. The predicted molar refractivity (Wildman–Crippen MR) is 78.9 cm³/mol. The second-order valence-electron chi connectivity index (χ2n) is 5.36. The first-order valence-corrected chi connectivity index (χ1v) is 8.86. The second-order valence-corrected chi connectivity index (χ2v) is 8.03. The van der Waals surface area contributed by atoms with Crippen LogP contribution in [0, 0.1) is 0 Å². The molecule has 0 bridgehead atoms. The van der Waals surface area contributed by atoms with Gasteiger partial charge in [0.2, 0.25) is 5.91 Å². The zero-order chi connectivity index (χ0) is 17.3. The molecule has 0 spiro atoms. The highest BCUT2D eigenvalue weighted by atomic mass is 35.5. The number of hydrogen-bond donors (Lipinski definition) is 0. The summed E-state index contributed by atoms with van der Waals surface area (Å²) in [6.45, 7) is 0.0653. The zero-order valence-corrected chi connectivity index (χ0v) is 13.6. The number of benzene rings is 1. The third-order valence-corrected chi connectivity index (χ3v) is 6.14. The van der Waals surface area contributed by atoms with Crippen molar-refractivity contribution in [2.75, 3.05) is 13.1 Å². The molecule has 0 aliphatic carbocycles. The molecule has 0 radical (unpaired) electrons. The number of carbonyl (C=O) groups is 1. The minimum atomic E-state index is -4.40. The van der Waals surface area contributed by atoms with Gasteiger partial charge in [-0.1, -0.05) is 11.6 Å². The van der Waals surface area contributed by atoms with Crippen LogP contribution in [-0.4, -0.2) is 43.7 Å². The molecule has 1 aliphatic heterocycles. The van der Waals surface area contributed by atoms with Gasteiger partial charge in [0.25, 0.3) is 0 Å². The Morgan fingerprint density at radius 3 is 2.43 bits per heavy atom. The number of halogens is 4. The van der Waals surface area contributed by atoms with Gasteiger partial charge in [-0.05, 0) is 30.7 Å². The van der Waals surface area contributed by atoms with Crippen LogP contribution in [-0.2, 0) is 14.6 Å².